The first-order valence-electron chi connectivity index (χ1n) is 8.38. The Morgan fingerprint density at radius 2 is 1.37 bits per heavy atom. The monoisotopic (exact) mass is 366 g/mol. The first-order valence-corrected chi connectivity index (χ1v) is 8.38. The second-order valence-electron chi connectivity index (χ2n) is 5.51. The minimum atomic E-state index is -0.628. The topological polar surface area (TPSA) is 75.0 Å². The van der Waals surface area contributed by atoms with Crippen molar-refractivity contribution in [3.8, 4) is 5.75 Å². The van der Waals surface area contributed by atoms with Crippen molar-refractivity contribution in [3.05, 3.63) is 89.9 Å². The van der Waals surface area contributed by atoms with Crippen LogP contribution in [0.25, 0.3) is 0 Å². The van der Waals surface area contributed by atoms with Gasteiger partial charge in [-0.25, -0.2) is 9.59 Å². The van der Waals surface area contributed by atoms with Crippen molar-refractivity contribution in [2.24, 2.45) is 0 Å². The van der Waals surface area contributed by atoms with Crippen LogP contribution in [-0.4, -0.2) is 25.2 Å². The lowest BCUT2D eigenvalue weighted by Crippen LogP contribution is -2.13. The van der Waals surface area contributed by atoms with E-state index in [9.17, 15) is 9.59 Å². The van der Waals surface area contributed by atoms with Crippen LogP contribution in [0.4, 0.5) is 0 Å². The third-order valence-corrected chi connectivity index (χ3v) is 3.55. The molecule has 138 valence electrons. The molecule has 0 radical (unpaired) electrons. The SMILES string of the molecule is O=C(OCCOC(=O)c1ccc(COc2ccccc2)o1)c1ccccc1. The summed E-state index contributed by atoms with van der Waals surface area (Å²) in [4.78, 5) is 23.7. The minimum Gasteiger partial charge on any atom is -0.486 e. The molecule has 6 heteroatoms. The van der Waals surface area contributed by atoms with E-state index in [0.717, 1.165) is 0 Å². The van der Waals surface area contributed by atoms with Gasteiger partial charge in [0.1, 0.15) is 31.3 Å². The number of benzene rings is 2. The number of esters is 2. The highest BCUT2D eigenvalue weighted by Crippen LogP contribution is 2.14. The maximum Gasteiger partial charge on any atom is 0.374 e. The molecule has 0 aliphatic rings. The van der Waals surface area contributed by atoms with Crippen molar-refractivity contribution in [2.75, 3.05) is 13.2 Å². The molecule has 1 aromatic heterocycles. The second kappa shape index (κ2) is 9.24. The molecule has 27 heavy (non-hydrogen) atoms. The van der Waals surface area contributed by atoms with Gasteiger partial charge in [-0.05, 0) is 36.4 Å². The Morgan fingerprint density at radius 3 is 2.07 bits per heavy atom. The van der Waals surface area contributed by atoms with Crippen LogP contribution in [0, 0.1) is 0 Å². The molecule has 0 atom stereocenters. The molecule has 0 saturated heterocycles. The molecule has 0 saturated carbocycles. The first-order chi connectivity index (χ1) is 13.2. The Kier molecular flexibility index (Phi) is 6.25. The number of carbonyl (C=O) groups excluding carboxylic acids is 2. The highest BCUT2D eigenvalue weighted by Gasteiger charge is 2.14. The number of ether oxygens (including phenoxy) is 3. The van der Waals surface area contributed by atoms with Crippen molar-refractivity contribution in [2.45, 2.75) is 6.61 Å². The van der Waals surface area contributed by atoms with Gasteiger partial charge in [-0.2, -0.15) is 0 Å². The summed E-state index contributed by atoms with van der Waals surface area (Å²) in [6, 6.07) is 21.0. The first kappa shape index (κ1) is 18.3. The molecule has 0 N–H and O–H groups in total. The van der Waals surface area contributed by atoms with Crippen LogP contribution in [0.5, 0.6) is 5.75 Å². The van der Waals surface area contributed by atoms with Gasteiger partial charge in [0.05, 0.1) is 5.56 Å². The Balaban J connectivity index is 1.39. The number of para-hydroxylation sites is 1. The summed E-state index contributed by atoms with van der Waals surface area (Å²) in [5, 5.41) is 0. The summed E-state index contributed by atoms with van der Waals surface area (Å²) in [6.45, 7) is 0.101. The Hall–Kier alpha value is -3.54. The maximum atomic E-state index is 11.9. The van der Waals surface area contributed by atoms with Gasteiger partial charge in [0.2, 0.25) is 5.76 Å². The third-order valence-electron chi connectivity index (χ3n) is 3.55. The van der Waals surface area contributed by atoms with Crippen LogP contribution >= 0.6 is 0 Å². The highest BCUT2D eigenvalue weighted by atomic mass is 16.6. The molecule has 3 rings (SSSR count). The van der Waals surface area contributed by atoms with E-state index in [0.29, 0.717) is 17.1 Å². The minimum absolute atomic E-state index is 0.0375. The van der Waals surface area contributed by atoms with E-state index in [2.05, 4.69) is 0 Å². The number of hydrogen-bond donors (Lipinski definition) is 0. The fraction of sp³-hybridized carbons (Fsp3) is 0.143. The van der Waals surface area contributed by atoms with Gasteiger partial charge in [0.25, 0.3) is 0 Å². The molecular formula is C21H18O6. The van der Waals surface area contributed by atoms with Crippen LogP contribution in [-0.2, 0) is 16.1 Å². The predicted molar refractivity (Wildman–Crippen MR) is 96.5 cm³/mol. The van der Waals surface area contributed by atoms with Crippen molar-refractivity contribution < 1.29 is 28.2 Å². The molecule has 0 amide bonds. The number of carbonyl (C=O) groups is 2. The lowest BCUT2D eigenvalue weighted by Gasteiger charge is -2.05. The van der Waals surface area contributed by atoms with Gasteiger partial charge < -0.3 is 18.6 Å². The van der Waals surface area contributed by atoms with Gasteiger partial charge in [-0.3, -0.25) is 0 Å². The fourth-order valence-corrected chi connectivity index (χ4v) is 2.23. The van der Waals surface area contributed by atoms with E-state index in [1.807, 2.05) is 30.3 Å². The van der Waals surface area contributed by atoms with Crippen LogP contribution in [0.1, 0.15) is 26.7 Å². The van der Waals surface area contributed by atoms with E-state index in [1.54, 1.807) is 36.4 Å². The van der Waals surface area contributed by atoms with Gasteiger partial charge in [0.15, 0.2) is 0 Å². The van der Waals surface area contributed by atoms with E-state index >= 15 is 0 Å². The Labute approximate surface area is 156 Å². The van der Waals surface area contributed by atoms with Crippen LogP contribution in [0.2, 0.25) is 0 Å². The van der Waals surface area contributed by atoms with Crippen molar-refractivity contribution in [1.82, 2.24) is 0 Å². The fourth-order valence-electron chi connectivity index (χ4n) is 2.23. The van der Waals surface area contributed by atoms with E-state index in [4.69, 9.17) is 18.6 Å². The lowest BCUT2D eigenvalue weighted by atomic mass is 10.2. The van der Waals surface area contributed by atoms with Gasteiger partial charge in [0, 0.05) is 0 Å². The zero-order valence-electron chi connectivity index (χ0n) is 14.5. The maximum absolute atomic E-state index is 11.9. The Morgan fingerprint density at radius 1 is 0.741 bits per heavy atom. The molecule has 0 unspecified atom stereocenters. The average Bonchev–Trinajstić information content (AvgIpc) is 3.20. The van der Waals surface area contributed by atoms with Crippen LogP contribution in [0.3, 0.4) is 0 Å². The molecule has 2 aromatic carbocycles. The zero-order chi connectivity index (χ0) is 18.9. The van der Waals surface area contributed by atoms with E-state index in [-0.39, 0.29) is 25.6 Å². The molecule has 0 bridgehead atoms. The molecule has 0 fully saturated rings. The highest BCUT2D eigenvalue weighted by molar-refractivity contribution is 5.89. The molecule has 1 heterocycles. The predicted octanol–water partition coefficient (Wildman–Crippen LogP) is 3.87. The standard InChI is InChI=1S/C21H18O6/c22-20(16-7-3-1-4-8-16)24-13-14-25-21(23)19-12-11-18(27-19)15-26-17-9-5-2-6-10-17/h1-12H,13-15H2. The molecular weight excluding hydrogens is 348 g/mol. The lowest BCUT2D eigenvalue weighted by molar-refractivity contribution is 0.0245. The normalized spacial score (nSPS) is 10.2. The summed E-state index contributed by atoms with van der Waals surface area (Å²) >= 11 is 0. The smallest absolute Gasteiger partial charge is 0.374 e. The summed E-state index contributed by atoms with van der Waals surface area (Å²) < 4.78 is 21.0. The second-order valence-corrected chi connectivity index (χ2v) is 5.51. The molecule has 0 spiro atoms. The third kappa shape index (κ3) is 5.47. The summed E-state index contributed by atoms with van der Waals surface area (Å²) in [5.41, 5.74) is 0.443. The van der Waals surface area contributed by atoms with Crippen molar-refractivity contribution in [3.63, 3.8) is 0 Å². The number of hydrogen-bond acceptors (Lipinski definition) is 6. The molecule has 6 nitrogen and oxygen atoms in total. The largest absolute Gasteiger partial charge is 0.486 e. The van der Waals surface area contributed by atoms with E-state index in [1.165, 1.54) is 6.07 Å². The molecule has 0 aliphatic carbocycles. The molecule has 3 aromatic rings. The van der Waals surface area contributed by atoms with Crippen LogP contribution in [0.15, 0.2) is 77.2 Å². The Bertz CT molecular complexity index is 870. The zero-order valence-corrected chi connectivity index (χ0v) is 14.5. The van der Waals surface area contributed by atoms with Crippen molar-refractivity contribution >= 4 is 11.9 Å². The summed E-state index contributed by atoms with van der Waals surface area (Å²) in [6.07, 6.45) is 0. The van der Waals surface area contributed by atoms with Crippen molar-refractivity contribution in [1.29, 1.82) is 0 Å². The quantitative estimate of drug-likeness (QED) is 0.445. The summed E-state index contributed by atoms with van der Waals surface area (Å²) in [7, 11) is 0. The van der Waals surface area contributed by atoms with Gasteiger partial charge in [-0.1, -0.05) is 36.4 Å². The molecule has 0 aliphatic heterocycles. The van der Waals surface area contributed by atoms with Gasteiger partial charge >= 0.3 is 11.9 Å². The number of rotatable bonds is 8. The van der Waals surface area contributed by atoms with E-state index < -0.39 is 11.9 Å². The van der Waals surface area contributed by atoms with Crippen LogP contribution < -0.4 is 4.74 Å². The average molecular weight is 366 g/mol. The summed E-state index contributed by atoms with van der Waals surface area (Å²) in [5.74, 6) is 0.178. The van der Waals surface area contributed by atoms with Gasteiger partial charge in [-0.15, -0.1) is 0 Å². The number of furan rings is 1.